The number of fused-ring (bicyclic) bond motifs is 1. The molecule has 1 aromatic rings. The first-order chi connectivity index (χ1) is 10.7. The van der Waals surface area contributed by atoms with Gasteiger partial charge >= 0.3 is 5.97 Å². The van der Waals surface area contributed by atoms with Crippen LogP contribution in [-0.2, 0) is 16.1 Å². The molecule has 3 rings (SSSR count). The zero-order valence-corrected chi connectivity index (χ0v) is 12.8. The standard InChI is InChI=1S/C17H21FN2O2/c1-2-22-16(21)11-20-7-5-12(6-8-20)17-15-4-3-14(18)9-13(15)10-19-17/h3-4,9,12H,2,5-8,10-11H2,1H3. The van der Waals surface area contributed by atoms with Crippen LogP contribution in [0, 0.1) is 11.7 Å². The molecule has 4 nitrogen and oxygen atoms in total. The second-order valence-corrected chi connectivity index (χ2v) is 5.86. The second kappa shape index (κ2) is 6.57. The molecule has 118 valence electrons. The van der Waals surface area contributed by atoms with E-state index in [0.29, 0.717) is 25.6 Å². The number of hydrogen-bond acceptors (Lipinski definition) is 4. The molecule has 0 amide bonds. The molecule has 1 fully saturated rings. The van der Waals surface area contributed by atoms with Gasteiger partial charge in [-0.1, -0.05) is 0 Å². The fourth-order valence-corrected chi connectivity index (χ4v) is 3.30. The minimum atomic E-state index is -0.195. The normalized spacial score (nSPS) is 18.9. The van der Waals surface area contributed by atoms with E-state index in [1.807, 2.05) is 13.0 Å². The SMILES string of the molecule is CCOC(=O)CN1CCC(C2=NCc3cc(F)ccc32)CC1. The van der Waals surface area contributed by atoms with Gasteiger partial charge in [-0.2, -0.15) is 0 Å². The van der Waals surface area contributed by atoms with Crippen molar-refractivity contribution in [2.75, 3.05) is 26.2 Å². The first kappa shape index (κ1) is 15.2. The van der Waals surface area contributed by atoms with Crippen molar-refractivity contribution in [2.45, 2.75) is 26.3 Å². The molecule has 0 saturated carbocycles. The van der Waals surface area contributed by atoms with E-state index in [2.05, 4.69) is 9.89 Å². The number of carbonyl (C=O) groups excluding carboxylic acids is 1. The van der Waals surface area contributed by atoms with E-state index in [1.54, 1.807) is 6.07 Å². The number of piperidine rings is 1. The van der Waals surface area contributed by atoms with Crippen molar-refractivity contribution >= 4 is 11.7 Å². The summed E-state index contributed by atoms with van der Waals surface area (Å²) in [5.74, 6) is 0.0598. The van der Waals surface area contributed by atoms with Crippen LogP contribution in [0.4, 0.5) is 4.39 Å². The number of likely N-dealkylation sites (tertiary alicyclic amines) is 1. The highest BCUT2D eigenvalue weighted by Crippen LogP contribution is 2.29. The summed E-state index contributed by atoms with van der Waals surface area (Å²) in [6.07, 6.45) is 1.96. The average Bonchev–Trinajstić information content (AvgIpc) is 2.91. The van der Waals surface area contributed by atoms with Gasteiger partial charge in [0.25, 0.3) is 0 Å². The van der Waals surface area contributed by atoms with Gasteiger partial charge in [0.05, 0.1) is 19.7 Å². The van der Waals surface area contributed by atoms with E-state index >= 15 is 0 Å². The molecule has 0 aromatic heterocycles. The molecule has 2 heterocycles. The van der Waals surface area contributed by atoms with Crippen LogP contribution < -0.4 is 0 Å². The van der Waals surface area contributed by atoms with Gasteiger partial charge in [-0.05, 0) is 56.6 Å². The fraction of sp³-hybridized carbons (Fsp3) is 0.529. The first-order valence-corrected chi connectivity index (χ1v) is 7.88. The van der Waals surface area contributed by atoms with Crippen LogP contribution in [0.15, 0.2) is 23.2 Å². The largest absolute Gasteiger partial charge is 0.465 e. The summed E-state index contributed by atoms with van der Waals surface area (Å²) in [6.45, 7) is 4.96. The molecule has 0 atom stereocenters. The summed E-state index contributed by atoms with van der Waals surface area (Å²) in [4.78, 5) is 18.3. The molecule has 5 heteroatoms. The predicted molar refractivity (Wildman–Crippen MR) is 82.4 cm³/mol. The van der Waals surface area contributed by atoms with Gasteiger partial charge in [-0.15, -0.1) is 0 Å². The Kier molecular flexibility index (Phi) is 4.52. The molecular weight excluding hydrogens is 283 g/mol. The minimum Gasteiger partial charge on any atom is -0.465 e. The van der Waals surface area contributed by atoms with Crippen molar-refractivity contribution in [3.05, 3.63) is 35.1 Å². The highest BCUT2D eigenvalue weighted by atomic mass is 19.1. The Morgan fingerprint density at radius 2 is 2.18 bits per heavy atom. The average molecular weight is 304 g/mol. The lowest BCUT2D eigenvalue weighted by Crippen LogP contribution is -2.39. The minimum absolute atomic E-state index is 0.153. The number of esters is 1. The molecule has 22 heavy (non-hydrogen) atoms. The highest BCUT2D eigenvalue weighted by molar-refractivity contribution is 6.05. The van der Waals surface area contributed by atoms with Crippen molar-refractivity contribution < 1.29 is 13.9 Å². The lowest BCUT2D eigenvalue weighted by Gasteiger charge is -2.31. The van der Waals surface area contributed by atoms with Crippen molar-refractivity contribution in [3.63, 3.8) is 0 Å². The van der Waals surface area contributed by atoms with Gasteiger partial charge in [0.15, 0.2) is 0 Å². The van der Waals surface area contributed by atoms with Gasteiger partial charge in [0.2, 0.25) is 0 Å². The highest BCUT2D eigenvalue weighted by Gasteiger charge is 2.28. The maximum atomic E-state index is 13.3. The van der Waals surface area contributed by atoms with Gasteiger partial charge in [-0.3, -0.25) is 14.7 Å². The molecule has 0 radical (unpaired) electrons. The third-order valence-electron chi connectivity index (χ3n) is 4.40. The topological polar surface area (TPSA) is 41.9 Å². The van der Waals surface area contributed by atoms with Crippen molar-refractivity contribution in [2.24, 2.45) is 10.9 Å². The molecule has 0 N–H and O–H groups in total. The smallest absolute Gasteiger partial charge is 0.320 e. The number of carbonyl (C=O) groups is 1. The summed E-state index contributed by atoms with van der Waals surface area (Å²) in [5.41, 5.74) is 3.21. The summed E-state index contributed by atoms with van der Waals surface area (Å²) in [7, 11) is 0. The third-order valence-corrected chi connectivity index (χ3v) is 4.40. The Labute approximate surface area is 130 Å². The van der Waals surface area contributed by atoms with Gasteiger partial charge in [0, 0.05) is 17.2 Å². The number of rotatable bonds is 4. The van der Waals surface area contributed by atoms with E-state index < -0.39 is 0 Å². The van der Waals surface area contributed by atoms with E-state index in [1.165, 1.54) is 6.07 Å². The number of nitrogens with zero attached hydrogens (tertiary/aromatic N) is 2. The van der Waals surface area contributed by atoms with Crippen LogP contribution in [-0.4, -0.2) is 42.8 Å². The van der Waals surface area contributed by atoms with Crippen LogP contribution in [0.3, 0.4) is 0 Å². The Hall–Kier alpha value is -1.75. The van der Waals surface area contributed by atoms with E-state index in [4.69, 9.17) is 4.74 Å². The summed E-state index contributed by atoms with van der Waals surface area (Å²) in [6, 6.07) is 4.94. The van der Waals surface area contributed by atoms with Crippen LogP contribution in [0.2, 0.25) is 0 Å². The van der Waals surface area contributed by atoms with E-state index in [-0.39, 0.29) is 11.8 Å². The van der Waals surface area contributed by atoms with Crippen molar-refractivity contribution in [1.82, 2.24) is 4.90 Å². The maximum Gasteiger partial charge on any atom is 0.320 e. The zero-order valence-electron chi connectivity index (χ0n) is 12.8. The van der Waals surface area contributed by atoms with E-state index in [0.717, 1.165) is 42.8 Å². The van der Waals surface area contributed by atoms with Gasteiger partial charge in [0.1, 0.15) is 5.82 Å². The van der Waals surface area contributed by atoms with Crippen LogP contribution in [0.5, 0.6) is 0 Å². The quantitative estimate of drug-likeness (QED) is 0.802. The molecule has 2 aliphatic heterocycles. The number of ether oxygens (including phenoxy) is 1. The van der Waals surface area contributed by atoms with Crippen molar-refractivity contribution in [3.8, 4) is 0 Å². The lowest BCUT2D eigenvalue weighted by atomic mass is 9.87. The Bertz CT molecular complexity index is 592. The Balaban J connectivity index is 1.58. The monoisotopic (exact) mass is 304 g/mol. The number of benzene rings is 1. The van der Waals surface area contributed by atoms with E-state index in [9.17, 15) is 9.18 Å². The van der Waals surface area contributed by atoms with Crippen LogP contribution in [0.25, 0.3) is 0 Å². The number of hydrogen-bond donors (Lipinski definition) is 0. The molecular formula is C17H21FN2O2. The van der Waals surface area contributed by atoms with Gasteiger partial charge in [-0.25, -0.2) is 4.39 Å². The summed E-state index contributed by atoms with van der Waals surface area (Å²) < 4.78 is 18.3. The van der Waals surface area contributed by atoms with Crippen LogP contribution in [0.1, 0.15) is 30.9 Å². The third kappa shape index (κ3) is 3.19. The summed E-state index contributed by atoms with van der Waals surface area (Å²) >= 11 is 0. The maximum absolute atomic E-state index is 13.3. The molecule has 2 aliphatic rings. The molecule has 0 bridgehead atoms. The first-order valence-electron chi connectivity index (χ1n) is 7.88. The molecule has 1 saturated heterocycles. The van der Waals surface area contributed by atoms with Crippen LogP contribution >= 0.6 is 0 Å². The number of aliphatic imine (C=N–C) groups is 1. The predicted octanol–water partition coefficient (Wildman–Crippen LogP) is 2.40. The Morgan fingerprint density at radius 3 is 2.91 bits per heavy atom. The molecule has 1 aromatic carbocycles. The summed E-state index contributed by atoms with van der Waals surface area (Å²) in [5, 5.41) is 0. The molecule has 0 unspecified atom stereocenters. The molecule has 0 aliphatic carbocycles. The van der Waals surface area contributed by atoms with Gasteiger partial charge < -0.3 is 4.74 Å². The number of halogens is 1. The fourth-order valence-electron chi connectivity index (χ4n) is 3.30. The second-order valence-electron chi connectivity index (χ2n) is 5.86. The Morgan fingerprint density at radius 1 is 1.41 bits per heavy atom. The van der Waals surface area contributed by atoms with Crippen molar-refractivity contribution in [1.29, 1.82) is 0 Å². The molecule has 0 spiro atoms. The zero-order chi connectivity index (χ0) is 15.5. The lowest BCUT2D eigenvalue weighted by molar-refractivity contribution is -0.144.